The van der Waals surface area contributed by atoms with Crippen LogP contribution in [0.3, 0.4) is 0 Å². The molecular formula is C11H19NO3. The van der Waals surface area contributed by atoms with Gasteiger partial charge in [-0.2, -0.15) is 0 Å². The van der Waals surface area contributed by atoms with Gasteiger partial charge in [-0.1, -0.05) is 0 Å². The van der Waals surface area contributed by atoms with E-state index in [-0.39, 0.29) is 11.8 Å². The smallest absolute Gasteiger partial charge is 0.306 e. The molecule has 0 heterocycles. The lowest BCUT2D eigenvalue weighted by Crippen LogP contribution is -2.23. The molecule has 0 aliphatic heterocycles. The SMILES string of the molecule is CNC(=O)CCC1CCC(C(=O)O)CC1. The minimum Gasteiger partial charge on any atom is -0.481 e. The number of hydrogen-bond donors (Lipinski definition) is 2. The van der Waals surface area contributed by atoms with Gasteiger partial charge in [-0.15, -0.1) is 0 Å². The lowest BCUT2D eigenvalue weighted by Gasteiger charge is -2.25. The first kappa shape index (κ1) is 12.0. The van der Waals surface area contributed by atoms with Crippen LogP contribution >= 0.6 is 0 Å². The zero-order chi connectivity index (χ0) is 11.3. The minimum absolute atomic E-state index is 0.0790. The maximum Gasteiger partial charge on any atom is 0.306 e. The summed E-state index contributed by atoms with van der Waals surface area (Å²) >= 11 is 0. The van der Waals surface area contributed by atoms with Gasteiger partial charge in [0.1, 0.15) is 0 Å². The van der Waals surface area contributed by atoms with Crippen molar-refractivity contribution in [2.24, 2.45) is 11.8 Å². The normalized spacial score (nSPS) is 25.9. The molecule has 0 radical (unpaired) electrons. The fraction of sp³-hybridized carbons (Fsp3) is 0.818. The molecule has 1 amide bonds. The summed E-state index contributed by atoms with van der Waals surface area (Å²) in [4.78, 5) is 21.7. The topological polar surface area (TPSA) is 66.4 Å². The highest BCUT2D eigenvalue weighted by molar-refractivity contribution is 5.75. The van der Waals surface area contributed by atoms with Crippen LogP contribution in [0.15, 0.2) is 0 Å². The molecule has 4 heteroatoms. The predicted molar refractivity (Wildman–Crippen MR) is 56.4 cm³/mol. The first-order chi connectivity index (χ1) is 7.13. The van der Waals surface area contributed by atoms with Crippen molar-refractivity contribution >= 4 is 11.9 Å². The van der Waals surface area contributed by atoms with Crippen LogP contribution in [0.25, 0.3) is 0 Å². The third kappa shape index (κ3) is 3.90. The van der Waals surface area contributed by atoms with Gasteiger partial charge >= 0.3 is 5.97 Å². The molecule has 86 valence electrons. The molecule has 0 atom stereocenters. The number of carboxylic acid groups (broad SMARTS) is 1. The van der Waals surface area contributed by atoms with Crippen molar-refractivity contribution in [3.8, 4) is 0 Å². The Morgan fingerprint density at radius 3 is 2.33 bits per heavy atom. The first-order valence-electron chi connectivity index (χ1n) is 5.57. The Labute approximate surface area is 90.0 Å². The van der Waals surface area contributed by atoms with E-state index in [1.165, 1.54) is 0 Å². The number of carbonyl (C=O) groups excluding carboxylic acids is 1. The number of hydrogen-bond acceptors (Lipinski definition) is 2. The Balaban J connectivity index is 2.20. The van der Waals surface area contributed by atoms with Gasteiger partial charge in [0.2, 0.25) is 5.91 Å². The van der Waals surface area contributed by atoms with Crippen LogP contribution < -0.4 is 5.32 Å². The van der Waals surface area contributed by atoms with E-state index in [9.17, 15) is 9.59 Å². The van der Waals surface area contributed by atoms with E-state index in [1.807, 2.05) is 0 Å². The molecule has 1 rings (SSSR count). The molecule has 1 aliphatic carbocycles. The summed E-state index contributed by atoms with van der Waals surface area (Å²) in [7, 11) is 1.64. The molecule has 0 unspecified atom stereocenters. The largest absolute Gasteiger partial charge is 0.481 e. The van der Waals surface area contributed by atoms with Crippen molar-refractivity contribution in [2.45, 2.75) is 38.5 Å². The van der Waals surface area contributed by atoms with Gasteiger partial charge < -0.3 is 10.4 Å². The van der Waals surface area contributed by atoms with E-state index in [2.05, 4.69) is 5.32 Å². The zero-order valence-electron chi connectivity index (χ0n) is 9.16. The highest BCUT2D eigenvalue weighted by atomic mass is 16.4. The summed E-state index contributed by atoms with van der Waals surface area (Å²) in [5.41, 5.74) is 0. The van der Waals surface area contributed by atoms with Crippen LogP contribution in [0.1, 0.15) is 38.5 Å². The number of nitrogens with one attached hydrogen (secondary N) is 1. The molecule has 1 saturated carbocycles. The van der Waals surface area contributed by atoms with Gasteiger partial charge in [0.15, 0.2) is 0 Å². The summed E-state index contributed by atoms with van der Waals surface area (Å²) in [6.07, 6.45) is 4.91. The summed E-state index contributed by atoms with van der Waals surface area (Å²) in [5.74, 6) is -0.200. The molecule has 0 bridgehead atoms. The Kier molecular flexibility index (Phi) is 4.59. The van der Waals surface area contributed by atoms with Crippen molar-refractivity contribution in [2.75, 3.05) is 7.05 Å². The van der Waals surface area contributed by atoms with Crippen LogP contribution in [-0.4, -0.2) is 24.0 Å². The van der Waals surface area contributed by atoms with Gasteiger partial charge in [-0.25, -0.2) is 0 Å². The molecule has 0 aromatic heterocycles. The lowest BCUT2D eigenvalue weighted by molar-refractivity contribution is -0.143. The third-order valence-corrected chi connectivity index (χ3v) is 3.25. The molecule has 1 aliphatic rings. The second-order valence-corrected chi connectivity index (χ2v) is 4.27. The summed E-state index contributed by atoms with van der Waals surface area (Å²) in [5, 5.41) is 11.4. The van der Waals surface area contributed by atoms with E-state index in [0.29, 0.717) is 12.3 Å². The Bertz CT molecular complexity index is 232. The second-order valence-electron chi connectivity index (χ2n) is 4.27. The molecule has 4 nitrogen and oxygen atoms in total. The Hall–Kier alpha value is -1.06. The Morgan fingerprint density at radius 1 is 1.27 bits per heavy atom. The maximum absolute atomic E-state index is 11.0. The van der Waals surface area contributed by atoms with Gasteiger partial charge in [0.05, 0.1) is 5.92 Å². The average molecular weight is 213 g/mol. The standard InChI is InChI=1S/C11H19NO3/c1-12-10(13)7-4-8-2-5-9(6-3-8)11(14)15/h8-9H,2-7H2,1H3,(H,12,13)(H,14,15). The van der Waals surface area contributed by atoms with Crippen molar-refractivity contribution in [1.29, 1.82) is 0 Å². The number of rotatable bonds is 4. The third-order valence-electron chi connectivity index (χ3n) is 3.25. The predicted octanol–water partition coefficient (Wildman–Crippen LogP) is 1.40. The van der Waals surface area contributed by atoms with Crippen molar-refractivity contribution in [1.82, 2.24) is 5.32 Å². The second kappa shape index (κ2) is 5.73. The van der Waals surface area contributed by atoms with Gasteiger partial charge in [-0.05, 0) is 38.0 Å². The fourth-order valence-corrected chi connectivity index (χ4v) is 2.16. The van der Waals surface area contributed by atoms with E-state index >= 15 is 0 Å². The number of carboxylic acids is 1. The zero-order valence-corrected chi connectivity index (χ0v) is 9.16. The minimum atomic E-state index is -0.667. The quantitative estimate of drug-likeness (QED) is 0.742. The number of aliphatic carboxylic acids is 1. The summed E-state index contributed by atoms with van der Waals surface area (Å²) in [6, 6.07) is 0. The first-order valence-corrected chi connectivity index (χ1v) is 5.57. The van der Waals surface area contributed by atoms with Crippen molar-refractivity contribution < 1.29 is 14.7 Å². The maximum atomic E-state index is 11.0. The van der Waals surface area contributed by atoms with Crippen LogP contribution in [-0.2, 0) is 9.59 Å². The van der Waals surface area contributed by atoms with Crippen LogP contribution in [0.5, 0.6) is 0 Å². The highest BCUT2D eigenvalue weighted by Gasteiger charge is 2.25. The summed E-state index contributed by atoms with van der Waals surface area (Å²) < 4.78 is 0. The summed E-state index contributed by atoms with van der Waals surface area (Å²) in [6.45, 7) is 0. The van der Waals surface area contributed by atoms with E-state index in [1.54, 1.807) is 7.05 Å². The highest BCUT2D eigenvalue weighted by Crippen LogP contribution is 2.31. The van der Waals surface area contributed by atoms with Crippen molar-refractivity contribution in [3.05, 3.63) is 0 Å². The molecule has 15 heavy (non-hydrogen) atoms. The van der Waals surface area contributed by atoms with E-state index < -0.39 is 5.97 Å². The molecule has 0 spiro atoms. The van der Waals surface area contributed by atoms with E-state index in [0.717, 1.165) is 32.1 Å². The van der Waals surface area contributed by atoms with Gasteiger partial charge in [0, 0.05) is 13.5 Å². The average Bonchev–Trinajstić information content (AvgIpc) is 2.26. The van der Waals surface area contributed by atoms with Crippen LogP contribution in [0.4, 0.5) is 0 Å². The molecule has 1 fully saturated rings. The van der Waals surface area contributed by atoms with Crippen LogP contribution in [0, 0.1) is 11.8 Å². The van der Waals surface area contributed by atoms with Crippen LogP contribution in [0.2, 0.25) is 0 Å². The molecule has 2 N–H and O–H groups in total. The number of amides is 1. The van der Waals surface area contributed by atoms with E-state index in [4.69, 9.17) is 5.11 Å². The molecule has 0 aromatic rings. The fourth-order valence-electron chi connectivity index (χ4n) is 2.16. The van der Waals surface area contributed by atoms with Crippen molar-refractivity contribution in [3.63, 3.8) is 0 Å². The molecule has 0 aromatic carbocycles. The Morgan fingerprint density at radius 2 is 1.87 bits per heavy atom. The molecule has 0 saturated heterocycles. The van der Waals surface area contributed by atoms with Gasteiger partial charge in [-0.3, -0.25) is 9.59 Å². The monoisotopic (exact) mass is 213 g/mol. The lowest BCUT2D eigenvalue weighted by atomic mass is 9.80. The molecular weight excluding hydrogens is 194 g/mol. The number of carbonyl (C=O) groups is 2. The van der Waals surface area contributed by atoms with Gasteiger partial charge in [0.25, 0.3) is 0 Å².